The Labute approximate surface area is 126 Å². The maximum absolute atomic E-state index is 11.6. The maximum atomic E-state index is 11.6. The molecule has 1 aromatic rings. The van der Waals surface area contributed by atoms with Crippen LogP contribution in [-0.2, 0) is 0 Å². The van der Waals surface area contributed by atoms with Gasteiger partial charge in [-0.25, -0.2) is 5.84 Å². The number of likely N-dealkylation sites (N-methyl/N-ethyl adjacent to an activating group) is 1. The summed E-state index contributed by atoms with van der Waals surface area (Å²) in [5, 5.41) is 0. The number of hydrogen-bond acceptors (Lipinski definition) is 4. The Kier molecular flexibility index (Phi) is 6.02. The number of benzene rings is 1. The lowest BCUT2D eigenvalue weighted by Gasteiger charge is -2.21. The van der Waals surface area contributed by atoms with Gasteiger partial charge in [-0.1, -0.05) is 25.0 Å². The number of hydrogen-bond donors (Lipinski definition) is 2. The van der Waals surface area contributed by atoms with Crippen LogP contribution in [0.3, 0.4) is 0 Å². The highest BCUT2D eigenvalue weighted by atomic mass is 16.5. The minimum Gasteiger partial charge on any atom is -0.491 e. The number of hydrazine groups is 1. The van der Waals surface area contributed by atoms with Gasteiger partial charge in [0.25, 0.3) is 5.91 Å². The van der Waals surface area contributed by atoms with E-state index in [1.54, 1.807) is 18.2 Å². The molecular weight excluding hydrogens is 266 g/mol. The molecule has 0 aliphatic heterocycles. The lowest BCUT2D eigenvalue weighted by Crippen LogP contribution is -2.31. The third-order valence-electron chi connectivity index (χ3n) is 4.04. The molecule has 0 spiro atoms. The number of carbonyl (C=O) groups is 1. The minimum atomic E-state index is -0.329. The summed E-state index contributed by atoms with van der Waals surface area (Å²) in [6.45, 7) is 2.56. The second-order valence-corrected chi connectivity index (χ2v) is 5.73. The Bertz CT molecular complexity index is 459. The summed E-state index contributed by atoms with van der Waals surface area (Å²) in [6.07, 6.45) is 5.45. The molecule has 21 heavy (non-hydrogen) atoms. The molecule has 0 unspecified atom stereocenters. The predicted molar refractivity (Wildman–Crippen MR) is 83.0 cm³/mol. The van der Waals surface area contributed by atoms with E-state index in [2.05, 4.69) is 17.4 Å². The molecule has 1 aromatic carbocycles. The number of nitrogens with two attached hydrogens (primary N) is 1. The number of nitrogens with one attached hydrogen (secondary N) is 1. The molecular formula is C16H25N3O2. The van der Waals surface area contributed by atoms with Crippen molar-refractivity contribution >= 4 is 5.91 Å². The van der Waals surface area contributed by atoms with E-state index in [1.165, 1.54) is 25.7 Å². The zero-order valence-electron chi connectivity index (χ0n) is 12.7. The number of nitrogen functional groups attached to an aromatic ring is 1. The van der Waals surface area contributed by atoms with Crippen LogP contribution in [0.4, 0.5) is 0 Å². The van der Waals surface area contributed by atoms with Crippen LogP contribution in [-0.4, -0.2) is 37.6 Å². The van der Waals surface area contributed by atoms with Crippen molar-refractivity contribution in [3.63, 3.8) is 0 Å². The van der Waals surface area contributed by atoms with Crippen LogP contribution in [0.2, 0.25) is 0 Å². The second kappa shape index (κ2) is 8.00. The van der Waals surface area contributed by atoms with Gasteiger partial charge in [-0.3, -0.25) is 10.2 Å². The smallest absolute Gasteiger partial charge is 0.268 e. The molecule has 1 aliphatic rings. The lowest BCUT2D eigenvalue weighted by molar-refractivity contribution is 0.0949. The van der Waals surface area contributed by atoms with Crippen molar-refractivity contribution < 1.29 is 9.53 Å². The molecule has 1 amide bonds. The fourth-order valence-electron chi connectivity index (χ4n) is 2.89. The first-order valence-corrected chi connectivity index (χ1v) is 7.62. The SMILES string of the molecule is CN(CCOc1ccccc1C(=O)NN)CC1CCCC1. The van der Waals surface area contributed by atoms with Crippen LogP contribution in [0.15, 0.2) is 24.3 Å². The average Bonchev–Trinajstić information content (AvgIpc) is 3.00. The first kappa shape index (κ1) is 15.8. The van der Waals surface area contributed by atoms with Gasteiger partial charge < -0.3 is 9.64 Å². The molecule has 0 aromatic heterocycles. The predicted octanol–water partition coefficient (Wildman–Crippen LogP) is 1.79. The summed E-state index contributed by atoms with van der Waals surface area (Å²) in [7, 11) is 2.13. The van der Waals surface area contributed by atoms with E-state index < -0.39 is 0 Å². The van der Waals surface area contributed by atoms with Gasteiger partial charge >= 0.3 is 0 Å². The molecule has 5 nitrogen and oxygen atoms in total. The van der Waals surface area contributed by atoms with E-state index >= 15 is 0 Å². The summed E-state index contributed by atoms with van der Waals surface area (Å²) in [5.41, 5.74) is 2.61. The number of nitrogens with zero attached hydrogens (tertiary/aromatic N) is 1. The number of ether oxygens (including phenoxy) is 1. The maximum Gasteiger partial charge on any atom is 0.268 e. The monoisotopic (exact) mass is 291 g/mol. The second-order valence-electron chi connectivity index (χ2n) is 5.73. The highest BCUT2D eigenvalue weighted by molar-refractivity contribution is 5.96. The van der Waals surface area contributed by atoms with Gasteiger partial charge in [-0.15, -0.1) is 0 Å². The van der Waals surface area contributed by atoms with Crippen LogP contribution >= 0.6 is 0 Å². The molecule has 0 bridgehead atoms. The first-order valence-electron chi connectivity index (χ1n) is 7.62. The molecule has 1 saturated carbocycles. The molecule has 0 saturated heterocycles. The fraction of sp³-hybridized carbons (Fsp3) is 0.562. The summed E-state index contributed by atoms with van der Waals surface area (Å²) in [5.74, 6) is 6.27. The number of carbonyl (C=O) groups excluding carboxylic acids is 1. The standard InChI is InChI=1S/C16H25N3O2/c1-19(12-13-6-2-3-7-13)10-11-21-15-9-5-4-8-14(15)16(20)18-17/h4-5,8-9,13H,2-3,6-7,10-12,17H2,1H3,(H,18,20). The molecule has 0 atom stereocenters. The van der Waals surface area contributed by atoms with Gasteiger partial charge in [0.1, 0.15) is 12.4 Å². The van der Waals surface area contributed by atoms with Crippen LogP contribution in [0.25, 0.3) is 0 Å². The highest BCUT2D eigenvalue weighted by Crippen LogP contribution is 2.25. The Hall–Kier alpha value is -1.59. The fourth-order valence-corrected chi connectivity index (χ4v) is 2.89. The average molecular weight is 291 g/mol. The molecule has 2 rings (SSSR count). The van der Waals surface area contributed by atoms with E-state index in [0.29, 0.717) is 17.9 Å². The van der Waals surface area contributed by atoms with Crippen molar-refractivity contribution in [3.05, 3.63) is 29.8 Å². The molecule has 116 valence electrons. The molecule has 5 heteroatoms. The molecule has 1 fully saturated rings. The first-order chi connectivity index (χ1) is 10.2. The third-order valence-corrected chi connectivity index (χ3v) is 4.04. The molecule has 3 N–H and O–H groups in total. The lowest BCUT2D eigenvalue weighted by atomic mass is 10.1. The van der Waals surface area contributed by atoms with Gasteiger partial charge in [0, 0.05) is 13.1 Å². The normalized spacial score (nSPS) is 15.4. The van der Waals surface area contributed by atoms with Crippen molar-refractivity contribution in [1.29, 1.82) is 0 Å². The van der Waals surface area contributed by atoms with Gasteiger partial charge in [0.15, 0.2) is 0 Å². The zero-order chi connectivity index (χ0) is 15.1. The Morgan fingerprint density at radius 1 is 1.38 bits per heavy atom. The van der Waals surface area contributed by atoms with Crippen molar-refractivity contribution in [1.82, 2.24) is 10.3 Å². The Morgan fingerprint density at radius 3 is 2.81 bits per heavy atom. The van der Waals surface area contributed by atoms with Gasteiger partial charge in [-0.2, -0.15) is 0 Å². The van der Waals surface area contributed by atoms with Gasteiger partial charge in [0.05, 0.1) is 5.56 Å². The number of rotatable bonds is 7. The van der Waals surface area contributed by atoms with E-state index in [9.17, 15) is 4.79 Å². The number of amides is 1. The quantitative estimate of drug-likeness (QED) is 0.456. The van der Waals surface area contributed by atoms with Crippen LogP contribution in [0, 0.1) is 5.92 Å². The third kappa shape index (κ3) is 4.72. The van der Waals surface area contributed by atoms with E-state index in [1.807, 2.05) is 6.07 Å². The van der Waals surface area contributed by atoms with E-state index in [-0.39, 0.29) is 5.91 Å². The minimum absolute atomic E-state index is 0.329. The summed E-state index contributed by atoms with van der Waals surface area (Å²) >= 11 is 0. The largest absolute Gasteiger partial charge is 0.491 e. The zero-order valence-corrected chi connectivity index (χ0v) is 12.7. The summed E-state index contributed by atoms with van der Waals surface area (Å²) in [4.78, 5) is 13.9. The summed E-state index contributed by atoms with van der Waals surface area (Å²) < 4.78 is 5.74. The van der Waals surface area contributed by atoms with Gasteiger partial charge in [0.2, 0.25) is 0 Å². The molecule has 1 aliphatic carbocycles. The van der Waals surface area contributed by atoms with Crippen molar-refractivity contribution in [2.75, 3.05) is 26.7 Å². The van der Waals surface area contributed by atoms with E-state index in [4.69, 9.17) is 10.6 Å². The molecule has 0 radical (unpaired) electrons. The Morgan fingerprint density at radius 2 is 2.10 bits per heavy atom. The number of para-hydroxylation sites is 1. The highest BCUT2D eigenvalue weighted by Gasteiger charge is 2.17. The van der Waals surface area contributed by atoms with Crippen LogP contribution < -0.4 is 16.0 Å². The Balaban J connectivity index is 1.78. The summed E-state index contributed by atoms with van der Waals surface area (Å²) in [6, 6.07) is 7.15. The molecule has 0 heterocycles. The van der Waals surface area contributed by atoms with Gasteiger partial charge in [-0.05, 0) is 37.9 Å². The van der Waals surface area contributed by atoms with Crippen LogP contribution in [0.5, 0.6) is 5.75 Å². The van der Waals surface area contributed by atoms with Crippen molar-refractivity contribution in [2.24, 2.45) is 11.8 Å². The van der Waals surface area contributed by atoms with Crippen molar-refractivity contribution in [2.45, 2.75) is 25.7 Å². The topological polar surface area (TPSA) is 67.6 Å². The van der Waals surface area contributed by atoms with Crippen molar-refractivity contribution in [3.8, 4) is 5.75 Å². The van der Waals surface area contributed by atoms with Crippen LogP contribution in [0.1, 0.15) is 36.0 Å². The van der Waals surface area contributed by atoms with E-state index in [0.717, 1.165) is 19.0 Å².